The molecule has 1 aliphatic carbocycles. The van der Waals surface area contributed by atoms with Gasteiger partial charge in [0.15, 0.2) is 0 Å². The molecule has 0 bridgehead atoms. The maximum Gasteiger partial charge on any atom is 0.242 e. The molecule has 19 heavy (non-hydrogen) atoms. The molecule has 4 nitrogen and oxygen atoms in total. The second-order valence-electron chi connectivity index (χ2n) is 6.15. The summed E-state index contributed by atoms with van der Waals surface area (Å²) in [5, 5.41) is 0. The Kier molecular flexibility index (Phi) is 4.83. The molecule has 1 saturated heterocycles. The monoisotopic (exact) mass is 266 g/mol. The quantitative estimate of drug-likeness (QED) is 0.784. The van der Waals surface area contributed by atoms with Crippen LogP contribution in [0.2, 0.25) is 0 Å². The van der Waals surface area contributed by atoms with Crippen molar-refractivity contribution in [3.63, 3.8) is 0 Å². The Balaban J connectivity index is 1.89. The lowest BCUT2D eigenvalue weighted by Crippen LogP contribution is -2.47. The zero-order chi connectivity index (χ0) is 13.8. The van der Waals surface area contributed by atoms with Crippen LogP contribution >= 0.6 is 0 Å². The van der Waals surface area contributed by atoms with Gasteiger partial charge in [0.25, 0.3) is 0 Å². The maximum atomic E-state index is 12.3. The number of likely N-dealkylation sites (tertiary alicyclic amines) is 1. The van der Waals surface area contributed by atoms with E-state index in [1.165, 1.54) is 12.8 Å². The Morgan fingerprint density at radius 1 is 1.11 bits per heavy atom. The Hall–Kier alpha value is -1.06. The van der Waals surface area contributed by atoms with E-state index in [2.05, 4.69) is 6.92 Å². The minimum atomic E-state index is 0.0469. The van der Waals surface area contributed by atoms with Gasteiger partial charge < -0.3 is 9.80 Å². The topological polar surface area (TPSA) is 40.6 Å². The highest BCUT2D eigenvalue weighted by atomic mass is 16.2. The van der Waals surface area contributed by atoms with Gasteiger partial charge >= 0.3 is 0 Å². The highest BCUT2D eigenvalue weighted by molar-refractivity contribution is 5.84. The summed E-state index contributed by atoms with van der Waals surface area (Å²) in [5.74, 6) is 0.905. The van der Waals surface area contributed by atoms with Crippen LogP contribution in [0.15, 0.2) is 0 Å². The Bertz CT molecular complexity index is 329. The van der Waals surface area contributed by atoms with Gasteiger partial charge in [0, 0.05) is 26.1 Å². The molecule has 0 unspecified atom stereocenters. The zero-order valence-corrected chi connectivity index (χ0v) is 12.2. The lowest BCUT2D eigenvalue weighted by Gasteiger charge is -2.34. The molecule has 0 radical (unpaired) electrons. The van der Waals surface area contributed by atoms with Gasteiger partial charge in [-0.3, -0.25) is 9.59 Å². The van der Waals surface area contributed by atoms with Crippen molar-refractivity contribution >= 4 is 11.8 Å². The summed E-state index contributed by atoms with van der Waals surface area (Å²) in [6.07, 6.45) is 6.67. The molecule has 1 heterocycles. The molecule has 2 rings (SSSR count). The average Bonchev–Trinajstić information content (AvgIpc) is 2.89. The fourth-order valence-corrected chi connectivity index (χ4v) is 3.22. The molecule has 2 fully saturated rings. The minimum absolute atomic E-state index is 0.0469. The van der Waals surface area contributed by atoms with Gasteiger partial charge in [-0.1, -0.05) is 19.8 Å². The number of piperidine rings is 1. The second kappa shape index (κ2) is 6.40. The summed E-state index contributed by atoms with van der Waals surface area (Å²) >= 11 is 0. The Morgan fingerprint density at radius 2 is 1.68 bits per heavy atom. The van der Waals surface area contributed by atoms with Crippen molar-refractivity contribution in [1.82, 2.24) is 9.80 Å². The summed E-state index contributed by atoms with van der Waals surface area (Å²) in [5.41, 5.74) is 0. The van der Waals surface area contributed by atoms with Crippen molar-refractivity contribution < 1.29 is 9.59 Å². The maximum absolute atomic E-state index is 12.3. The molecular weight excluding hydrogens is 240 g/mol. The van der Waals surface area contributed by atoms with Gasteiger partial charge in [-0.15, -0.1) is 0 Å². The largest absolute Gasteiger partial charge is 0.341 e. The van der Waals surface area contributed by atoms with Crippen LogP contribution in [0.25, 0.3) is 0 Å². The molecule has 0 aromatic carbocycles. The number of amides is 2. The summed E-state index contributed by atoms with van der Waals surface area (Å²) in [7, 11) is 0. The lowest BCUT2D eigenvalue weighted by atomic mass is 9.99. The molecule has 1 saturated carbocycles. The van der Waals surface area contributed by atoms with E-state index < -0.39 is 0 Å². The molecule has 2 amide bonds. The standard InChI is InChI=1S/C15H26N2O2/c1-12-7-9-16(10-8-12)15(19)11-17(13(2)18)14-5-3-4-6-14/h12,14H,3-11H2,1-2H3. The predicted octanol–water partition coefficient (Wildman–Crippen LogP) is 2.04. The highest BCUT2D eigenvalue weighted by Gasteiger charge is 2.28. The van der Waals surface area contributed by atoms with Gasteiger partial charge in [-0.2, -0.15) is 0 Å². The van der Waals surface area contributed by atoms with Crippen LogP contribution in [0.4, 0.5) is 0 Å². The van der Waals surface area contributed by atoms with Crippen LogP contribution < -0.4 is 0 Å². The zero-order valence-electron chi connectivity index (χ0n) is 12.2. The van der Waals surface area contributed by atoms with Crippen molar-refractivity contribution in [2.45, 2.75) is 58.4 Å². The third kappa shape index (κ3) is 3.71. The first kappa shape index (κ1) is 14.4. The second-order valence-corrected chi connectivity index (χ2v) is 6.15. The Labute approximate surface area is 116 Å². The molecule has 0 aromatic heterocycles. The van der Waals surface area contributed by atoms with Crippen LogP contribution in [0, 0.1) is 5.92 Å². The molecule has 0 spiro atoms. The average molecular weight is 266 g/mol. The molecule has 0 N–H and O–H groups in total. The van der Waals surface area contributed by atoms with Crippen molar-refractivity contribution in [3.8, 4) is 0 Å². The molecule has 108 valence electrons. The molecular formula is C15H26N2O2. The molecule has 4 heteroatoms. The first-order valence-corrected chi connectivity index (χ1v) is 7.63. The van der Waals surface area contributed by atoms with Gasteiger partial charge in [-0.25, -0.2) is 0 Å². The number of hydrogen-bond donors (Lipinski definition) is 0. The van der Waals surface area contributed by atoms with E-state index >= 15 is 0 Å². The number of carbonyl (C=O) groups excluding carboxylic acids is 2. The summed E-state index contributed by atoms with van der Waals surface area (Å²) in [4.78, 5) is 27.8. The molecule has 2 aliphatic rings. The lowest BCUT2D eigenvalue weighted by molar-refractivity contribution is -0.142. The van der Waals surface area contributed by atoms with Crippen LogP contribution in [-0.4, -0.2) is 47.3 Å². The predicted molar refractivity (Wildman–Crippen MR) is 74.6 cm³/mol. The van der Waals surface area contributed by atoms with E-state index in [4.69, 9.17) is 0 Å². The van der Waals surface area contributed by atoms with Crippen LogP contribution in [-0.2, 0) is 9.59 Å². The van der Waals surface area contributed by atoms with E-state index in [1.807, 2.05) is 4.90 Å². The van der Waals surface area contributed by atoms with Crippen molar-refractivity contribution in [3.05, 3.63) is 0 Å². The smallest absolute Gasteiger partial charge is 0.242 e. The van der Waals surface area contributed by atoms with Crippen molar-refractivity contribution in [2.75, 3.05) is 19.6 Å². The van der Waals surface area contributed by atoms with Gasteiger partial charge in [0.2, 0.25) is 11.8 Å². The van der Waals surface area contributed by atoms with Crippen LogP contribution in [0.1, 0.15) is 52.4 Å². The Morgan fingerprint density at radius 3 is 2.21 bits per heavy atom. The molecule has 0 aromatic rings. The normalized spacial score (nSPS) is 21.7. The van der Waals surface area contributed by atoms with Crippen LogP contribution in [0.5, 0.6) is 0 Å². The van der Waals surface area contributed by atoms with Crippen molar-refractivity contribution in [1.29, 1.82) is 0 Å². The SMILES string of the molecule is CC(=O)N(CC(=O)N1CCC(C)CC1)C1CCCC1. The van der Waals surface area contributed by atoms with E-state index in [0.29, 0.717) is 6.04 Å². The fraction of sp³-hybridized carbons (Fsp3) is 0.867. The summed E-state index contributed by atoms with van der Waals surface area (Å²) in [6.45, 7) is 5.83. The van der Waals surface area contributed by atoms with E-state index in [0.717, 1.165) is 44.7 Å². The summed E-state index contributed by atoms with van der Waals surface area (Å²) in [6, 6.07) is 0.296. The van der Waals surface area contributed by atoms with E-state index in [1.54, 1.807) is 11.8 Å². The first-order valence-electron chi connectivity index (χ1n) is 7.63. The van der Waals surface area contributed by atoms with Gasteiger partial charge in [0.05, 0.1) is 6.54 Å². The number of hydrogen-bond acceptors (Lipinski definition) is 2. The number of rotatable bonds is 3. The van der Waals surface area contributed by atoms with Gasteiger partial charge in [0.1, 0.15) is 0 Å². The highest BCUT2D eigenvalue weighted by Crippen LogP contribution is 2.24. The van der Waals surface area contributed by atoms with E-state index in [9.17, 15) is 9.59 Å². The first-order chi connectivity index (χ1) is 9.08. The fourth-order valence-electron chi connectivity index (χ4n) is 3.22. The third-order valence-corrected chi connectivity index (χ3v) is 4.61. The third-order valence-electron chi connectivity index (χ3n) is 4.61. The van der Waals surface area contributed by atoms with Crippen LogP contribution in [0.3, 0.4) is 0 Å². The summed E-state index contributed by atoms with van der Waals surface area (Å²) < 4.78 is 0. The van der Waals surface area contributed by atoms with Gasteiger partial charge in [-0.05, 0) is 31.6 Å². The number of carbonyl (C=O) groups is 2. The van der Waals surface area contributed by atoms with E-state index in [-0.39, 0.29) is 18.4 Å². The minimum Gasteiger partial charge on any atom is -0.341 e. The van der Waals surface area contributed by atoms with Crippen molar-refractivity contribution in [2.24, 2.45) is 5.92 Å². The molecule has 0 atom stereocenters. The molecule has 1 aliphatic heterocycles. The number of nitrogens with zero attached hydrogens (tertiary/aromatic N) is 2.